The summed E-state index contributed by atoms with van der Waals surface area (Å²) >= 11 is 5.98. The third-order valence-electron chi connectivity index (χ3n) is 3.47. The SMILES string of the molecule is CC1=NN(c2cccc(Cl)c2)C(=O)C1=C/C=C/c1ccccc1. The number of hydrogen-bond donors (Lipinski definition) is 0. The molecule has 0 bridgehead atoms. The number of carbonyl (C=O) groups is 1. The van der Waals surface area contributed by atoms with Crippen LogP contribution in [0, 0.1) is 0 Å². The maximum Gasteiger partial charge on any atom is 0.280 e. The molecule has 0 aliphatic carbocycles. The predicted octanol–water partition coefficient (Wildman–Crippen LogP) is 4.70. The van der Waals surface area contributed by atoms with Crippen LogP contribution in [0.1, 0.15) is 12.5 Å². The van der Waals surface area contributed by atoms with Gasteiger partial charge in [-0.05, 0) is 36.8 Å². The molecular formula is C19H15ClN2O. The van der Waals surface area contributed by atoms with Crippen LogP contribution in [0.25, 0.3) is 6.08 Å². The third-order valence-corrected chi connectivity index (χ3v) is 3.70. The lowest BCUT2D eigenvalue weighted by atomic mass is 10.1. The molecule has 1 heterocycles. The first-order chi connectivity index (χ1) is 11.1. The summed E-state index contributed by atoms with van der Waals surface area (Å²) in [5, 5.41) is 6.28. The Morgan fingerprint density at radius 1 is 1.09 bits per heavy atom. The van der Waals surface area contributed by atoms with Gasteiger partial charge < -0.3 is 0 Å². The van der Waals surface area contributed by atoms with Crippen molar-refractivity contribution in [3.05, 3.63) is 82.9 Å². The number of nitrogens with zero attached hydrogens (tertiary/aromatic N) is 2. The van der Waals surface area contributed by atoms with Gasteiger partial charge in [-0.3, -0.25) is 4.79 Å². The first kappa shape index (κ1) is 15.3. The van der Waals surface area contributed by atoms with Crippen molar-refractivity contribution in [3.8, 4) is 0 Å². The Bertz CT molecular complexity index is 822. The van der Waals surface area contributed by atoms with E-state index in [0.29, 0.717) is 22.0 Å². The molecule has 0 unspecified atom stereocenters. The highest BCUT2D eigenvalue weighted by molar-refractivity contribution is 6.32. The van der Waals surface area contributed by atoms with Crippen molar-refractivity contribution in [3.63, 3.8) is 0 Å². The van der Waals surface area contributed by atoms with Crippen molar-refractivity contribution >= 4 is 35.0 Å². The van der Waals surface area contributed by atoms with Crippen molar-refractivity contribution in [2.45, 2.75) is 6.92 Å². The standard InChI is InChI=1S/C19H15ClN2O/c1-14-18(12-5-9-15-7-3-2-4-8-15)19(23)22(21-14)17-11-6-10-16(20)13-17/h2-13H,1H3/b9-5+,18-12?. The number of carbonyl (C=O) groups excluding carboxylic acids is 1. The molecule has 114 valence electrons. The fourth-order valence-corrected chi connectivity index (χ4v) is 2.50. The number of amides is 1. The Kier molecular flexibility index (Phi) is 4.40. The topological polar surface area (TPSA) is 32.7 Å². The zero-order chi connectivity index (χ0) is 16.2. The molecule has 0 saturated heterocycles. The molecule has 0 aromatic heterocycles. The maximum absolute atomic E-state index is 12.5. The molecule has 3 nitrogen and oxygen atoms in total. The van der Waals surface area contributed by atoms with E-state index in [1.54, 1.807) is 24.3 Å². The Balaban J connectivity index is 1.83. The number of anilines is 1. The van der Waals surface area contributed by atoms with Crippen LogP contribution in [-0.2, 0) is 4.79 Å². The average Bonchev–Trinajstić information content (AvgIpc) is 2.84. The van der Waals surface area contributed by atoms with Gasteiger partial charge in [0.2, 0.25) is 0 Å². The van der Waals surface area contributed by atoms with Gasteiger partial charge in [-0.15, -0.1) is 0 Å². The van der Waals surface area contributed by atoms with E-state index in [1.807, 2.05) is 55.5 Å². The lowest BCUT2D eigenvalue weighted by Gasteiger charge is -2.11. The quantitative estimate of drug-likeness (QED) is 0.754. The van der Waals surface area contributed by atoms with E-state index in [-0.39, 0.29) is 5.91 Å². The van der Waals surface area contributed by atoms with E-state index >= 15 is 0 Å². The molecule has 3 rings (SSSR count). The number of rotatable bonds is 3. The summed E-state index contributed by atoms with van der Waals surface area (Å²) in [6, 6.07) is 17.0. The summed E-state index contributed by atoms with van der Waals surface area (Å²) < 4.78 is 0. The Hall–Kier alpha value is -2.65. The van der Waals surface area contributed by atoms with Crippen LogP contribution in [0.5, 0.6) is 0 Å². The lowest BCUT2D eigenvalue weighted by molar-refractivity contribution is -0.114. The van der Waals surface area contributed by atoms with Crippen LogP contribution in [0.15, 0.2) is 77.4 Å². The van der Waals surface area contributed by atoms with Gasteiger partial charge in [0.05, 0.1) is 17.0 Å². The van der Waals surface area contributed by atoms with Crippen LogP contribution >= 0.6 is 11.6 Å². The van der Waals surface area contributed by atoms with Gasteiger partial charge in [-0.2, -0.15) is 10.1 Å². The smallest absolute Gasteiger partial charge is 0.267 e. The van der Waals surface area contributed by atoms with Gasteiger partial charge >= 0.3 is 0 Å². The van der Waals surface area contributed by atoms with Crippen LogP contribution < -0.4 is 5.01 Å². The van der Waals surface area contributed by atoms with Gasteiger partial charge in [0, 0.05) is 5.02 Å². The number of hydrazone groups is 1. The molecule has 2 aromatic carbocycles. The van der Waals surface area contributed by atoms with Crippen LogP contribution in [0.3, 0.4) is 0 Å². The molecule has 0 fully saturated rings. The molecule has 1 aliphatic rings. The number of halogens is 1. The Labute approximate surface area is 140 Å². The second-order valence-electron chi connectivity index (χ2n) is 5.13. The molecule has 2 aromatic rings. The zero-order valence-corrected chi connectivity index (χ0v) is 13.4. The summed E-state index contributed by atoms with van der Waals surface area (Å²) in [7, 11) is 0. The van der Waals surface area contributed by atoms with Crippen molar-refractivity contribution in [1.82, 2.24) is 0 Å². The first-order valence-electron chi connectivity index (χ1n) is 7.24. The van der Waals surface area contributed by atoms with Crippen molar-refractivity contribution < 1.29 is 4.79 Å². The number of hydrogen-bond acceptors (Lipinski definition) is 2. The minimum absolute atomic E-state index is 0.150. The lowest BCUT2D eigenvalue weighted by Crippen LogP contribution is -2.21. The first-order valence-corrected chi connectivity index (χ1v) is 7.62. The maximum atomic E-state index is 12.5. The zero-order valence-electron chi connectivity index (χ0n) is 12.6. The molecule has 0 N–H and O–H groups in total. The van der Waals surface area contributed by atoms with Crippen molar-refractivity contribution in [1.29, 1.82) is 0 Å². The second kappa shape index (κ2) is 6.63. The molecule has 1 amide bonds. The highest BCUT2D eigenvalue weighted by Gasteiger charge is 2.28. The Morgan fingerprint density at radius 3 is 2.61 bits per heavy atom. The van der Waals surface area contributed by atoms with Crippen molar-refractivity contribution in [2.75, 3.05) is 5.01 Å². The van der Waals surface area contributed by atoms with Gasteiger partial charge in [0.25, 0.3) is 5.91 Å². The van der Waals surface area contributed by atoms with E-state index in [0.717, 1.165) is 5.56 Å². The van der Waals surface area contributed by atoms with Crippen LogP contribution in [-0.4, -0.2) is 11.6 Å². The second-order valence-corrected chi connectivity index (χ2v) is 5.57. The largest absolute Gasteiger partial charge is 0.280 e. The van der Waals surface area contributed by atoms with E-state index in [1.165, 1.54) is 5.01 Å². The minimum atomic E-state index is -0.150. The fourth-order valence-electron chi connectivity index (χ4n) is 2.31. The molecule has 23 heavy (non-hydrogen) atoms. The summed E-state index contributed by atoms with van der Waals surface area (Å²) in [5.74, 6) is -0.150. The monoisotopic (exact) mass is 322 g/mol. The predicted molar refractivity (Wildman–Crippen MR) is 95.6 cm³/mol. The van der Waals surface area contributed by atoms with Gasteiger partial charge in [0.15, 0.2) is 0 Å². The molecule has 4 heteroatoms. The van der Waals surface area contributed by atoms with Gasteiger partial charge in [0.1, 0.15) is 0 Å². The molecule has 0 saturated carbocycles. The summed E-state index contributed by atoms with van der Waals surface area (Å²) in [6.07, 6.45) is 5.61. The summed E-state index contributed by atoms with van der Waals surface area (Å²) in [6.45, 7) is 1.82. The molecule has 0 atom stereocenters. The number of allylic oxidation sites excluding steroid dienone is 2. The van der Waals surface area contributed by atoms with Crippen molar-refractivity contribution in [2.24, 2.45) is 5.10 Å². The molecule has 1 aliphatic heterocycles. The summed E-state index contributed by atoms with van der Waals surface area (Å²) in [5.41, 5.74) is 3.01. The van der Waals surface area contributed by atoms with E-state index in [9.17, 15) is 4.79 Å². The minimum Gasteiger partial charge on any atom is -0.267 e. The van der Waals surface area contributed by atoms with Crippen LogP contribution in [0.4, 0.5) is 5.69 Å². The van der Waals surface area contributed by atoms with E-state index in [4.69, 9.17) is 11.6 Å². The summed E-state index contributed by atoms with van der Waals surface area (Å²) in [4.78, 5) is 12.5. The highest BCUT2D eigenvalue weighted by atomic mass is 35.5. The fraction of sp³-hybridized carbons (Fsp3) is 0.0526. The van der Waals surface area contributed by atoms with E-state index < -0.39 is 0 Å². The Morgan fingerprint density at radius 2 is 1.87 bits per heavy atom. The van der Waals surface area contributed by atoms with Crippen LogP contribution in [0.2, 0.25) is 5.02 Å². The normalized spacial score (nSPS) is 16.4. The molecule has 0 radical (unpaired) electrons. The number of benzene rings is 2. The molecular weight excluding hydrogens is 308 g/mol. The average molecular weight is 323 g/mol. The van der Waals surface area contributed by atoms with Gasteiger partial charge in [-0.1, -0.05) is 60.2 Å². The van der Waals surface area contributed by atoms with Gasteiger partial charge in [-0.25, -0.2) is 0 Å². The molecule has 0 spiro atoms. The highest BCUT2D eigenvalue weighted by Crippen LogP contribution is 2.25. The van der Waals surface area contributed by atoms with E-state index in [2.05, 4.69) is 5.10 Å². The third kappa shape index (κ3) is 3.41.